The van der Waals surface area contributed by atoms with Gasteiger partial charge >= 0.3 is 0 Å². The molecule has 0 amide bonds. The Morgan fingerprint density at radius 1 is 0.400 bits per heavy atom. The highest BCUT2D eigenvalue weighted by molar-refractivity contribution is 6.04. The van der Waals surface area contributed by atoms with Crippen molar-refractivity contribution in [1.82, 2.24) is 15.0 Å². The highest BCUT2D eigenvalue weighted by Gasteiger charge is 2.13. The molecule has 0 saturated carbocycles. The van der Waals surface area contributed by atoms with E-state index < -0.39 is 0 Å². The number of nitrogens with zero attached hydrogens (tertiary/aromatic N) is 3. The normalized spacial score (nSPS) is 11.2. The minimum Gasteiger partial charge on any atom is -0.251 e. The van der Waals surface area contributed by atoms with E-state index in [1.807, 2.05) is 19.1 Å². The molecule has 0 aliphatic rings. The highest BCUT2D eigenvalue weighted by atomic mass is 14.8. The molecule has 0 N–H and O–H groups in total. The molecule has 3 heteroatoms. The van der Waals surface area contributed by atoms with Crippen LogP contribution in [0.5, 0.6) is 0 Å². The molecule has 0 aliphatic carbocycles. The van der Waals surface area contributed by atoms with E-state index >= 15 is 0 Å². The molecule has 0 atom stereocenters. The lowest BCUT2D eigenvalue weighted by atomic mass is 9.98. The Morgan fingerprint density at radius 2 is 1.00 bits per heavy atom. The lowest BCUT2D eigenvalue weighted by molar-refractivity contribution is 1.25. The summed E-state index contributed by atoms with van der Waals surface area (Å²) < 4.78 is 0. The zero-order valence-corrected chi connectivity index (χ0v) is 22.5. The first-order valence-electron chi connectivity index (χ1n) is 13.5. The van der Waals surface area contributed by atoms with Crippen molar-refractivity contribution in [1.29, 1.82) is 0 Å². The van der Waals surface area contributed by atoms with Gasteiger partial charge in [-0.15, -0.1) is 0 Å². The van der Waals surface area contributed by atoms with Crippen LogP contribution in [0.15, 0.2) is 127 Å². The van der Waals surface area contributed by atoms with Crippen LogP contribution >= 0.6 is 0 Å². The van der Waals surface area contributed by atoms with Crippen LogP contribution in [0.3, 0.4) is 0 Å². The molecule has 3 heterocycles. The molecule has 7 aromatic rings. The molecule has 40 heavy (non-hydrogen) atoms. The van der Waals surface area contributed by atoms with Gasteiger partial charge in [0.25, 0.3) is 0 Å². The zero-order chi connectivity index (χ0) is 27.1. The first-order chi connectivity index (χ1) is 19.6. The molecule has 0 fully saturated rings. The molecule has 7 rings (SSSR count). The fourth-order valence-electron chi connectivity index (χ4n) is 5.36. The summed E-state index contributed by atoms with van der Waals surface area (Å²) in [7, 11) is 0. The van der Waals surface area contributed by atoms with Crippen molar-refractivity contribution in [2.75, 3.05) is 0 Å². The third-order valence-corrected chi connectivity index (χ3v) is 7.44. The summed E-state index contributed by atoms with van der Waals surface area (Å²) in [5, 5.41) is 2.24. The monoisotopic (exact) mass is 513 g/mol. The van der Waals surface area contributed by atoms with Gasteiger partial charge in [-0.3, -0.25) is 4.98 Å². The third-order valence-electron chi connectivity index (χ3n) is 7.44. The van der Waals surface area contributed by atoms with Crippen LogP contribution in [0, 0.1) is 13.8 Å². The van der Waals surface area contributed by atoms with E-state index in [9.17, 15) is 0 Å². The maximum Gasteiger partial charge on any atom is 0.0974 e. The summed E-state index contributed by atoms with van der Waals surface area (Å²) in [5.41, 5.74) is 12.4. The molecular weight excluding hydrogens is 486 g/mol. The van der Waals surface area contributed by atoms with Crippen LogP contribution in [-0.4, -0.2) is 15.0 Å². The smallest absolute Gasteiger partial charge is 0.0974 e. The maximum absolute atomic E-state index is 5.16. The predicted molar refractivity (Wildman–Crippen MR) is 166 cm³/mol. The minimum atomic E-state index is 0.933. The van der Waals surface area contributed by atoms with Crippen molar-refractivity contribution in [3.05, 3.63) is 139 Å². The third kappa shape index (κ3) is 4.42. The second-order valence-corrected chi connectivity index (χ2v) is 10.2. The van der Waals surface area contributed by atoms with Gasteiger partial charge in [0, 0.05) is 33.2 Å². The Kier molecular flexibility index (Phi) is 5.90. The lowest BCUT2D eigenvalue weighted by Crippen LogP contribution is -1.94. The van der Waals surface area contributed by atoms with Crippen molar-refractivity contribution in [2.24, 2.45) is 0 Å². The fourth-order valence-corrected chi connectivity index (χ4v) is 5.36. The molecular formula is C37H27N3. The summed E-state index contributed by atoms with van der Waals surface area (Å²) in [6, 6.07) is 44.4. The first-order valence-corrected chi connectivity index (χ1v) is 13.5. The Balaban J connectivity index is 1.39. The van der Waals surface area contributed by atoms with E-state index in [4.69, 9.17) is 15.0 Å². The van der Waals surface area contributed by atoms with Crippen LogP contribution in [-0.2, 0) is 0 Å². The van der Waals surface area contributed by atoms with E-state index in [2.05, 4.69) is 122 Å². The Labute approximate surface area is 233 Å². The van der Waals surface area contributed by atoms with Gasteiger partial charge < -0.3 is 0 Å². The average Bonchev–Trinajstić information content (AvgIpc) is 3.01. The molecule has 0 unspecified atom stereocenters. The Bertz CT molecular complexity index is 1950. The lowest BCUT2D eigenvalue weighted by Gasteiger charge is -2.12. The average molecular weight is 514 g/mol. The quantitative estimate of drug-likeness (QED) is 0.220. The van der Waals surface area contributed by atoms with Crippen molar-refractivity contribution in [3.63, 3.8) is 0 Å². The number of fused-ring (bicyclic) bond motifs is 3. The van der Waals surface area contributed by atoms with Gasteiger partial charge in [0.2, 0.25) is 0 Å². The van der Waals surface area contributed by atoms with E-state index in [0.29, 0.717) is 0 Å². The van der Waals surface area contributed by atoms with Crippen molar-refractivity contribution >= 4 is 21.8 Å². The molecule has 0 spiro atoms. The molecule has 0 saturated heterocycles. The fraction of sp³-hybridized carbons (Fsp3) is 0.0541. The second kappa shape index (κ2) is 9.87. The van der Waals surface area contributed by atoms with Crippen LogP contribution in [0.4, 0.5) is 0 Å². The summed E-state index contributed by atoms with van der Waals surface area (Å²) in [6.07, 6.45) is 0. The topological polar surface area (TPSA) is 38.7 Å². The molecule has 0 aliphatic heterocycles. The Morgan fingerprint density at radius 3 is 1.73 bits per heavy atom. The highest BCUT2D eigenvalue weighted by Crippen LogP contribution is 2.33. The molecule has 3 aromatic heterocycles. The summed E-state index contributed by atoms with van der Waals surface area (Å²) in [5.74, 6) is 0. The second-order valence-electron chi connectivity index (χ2n) is 10.2. The number of aryl methyl sites for hydroxylation is 2. The maximum atomic E-state index is 5.16. The van der Waals surface area contributed by atoms with E-state index in [-0.39, 0.29) is 0 Å². The van der Waals surface area contributed by atoms with Crippen LogP contribution in [0.1, 0.15) is 11.3 Å². The van der Waals surface area contributed by atoms with E-state index in [1.165, 1.54) is 11.1 Å². The van der Waals surface area contributed by atoms with Crippen LogP contribution in [0.2, 0.25) is 0 Å². The zero-order valence-electron chi connectivity index (χ0n) is 22.5. The van der Waals surface area contributed by atoms with Gasteiger partial charge in [0.15, 0.2) is 0 Å². The Hall–Kier alpha value is -5.15. The van der Waals surface area contributed by atoms with Gasteiger partial charge in [-0.2, -0.15) is 0 Å². The largest absolute Gasteiger partial charge is 0.251 e. The van der Waals surface area contributed by atoms with Crippen molar-refractivity contribution in [3.8, 4) is 44.9 Å². The van der Waals surface area contributed by atoms with Crippen LogP contribution < -0.4 is 0 Å². The van der Waals surface area contributed by atoms with Gasteiger partial charge in [0.05, 0.1) is 28.1 Å². The standard InChI is InChI=1S/C37H27N3/c1-24-20-33(40-37-32(24)19-18-28-17-16-25(2)38-36(28)37)29-14-9-15-30(21-29)35-23-31(26-10-5-3-6-11-26)22-34(39-35)27-12-7-4-8-13-27/h3-23H,1-2H3. The number of benzene rings is 4. The summed E-state index contributed by atoms with van der Waals surface area (Å²) >= 11 is 0. The number of hydrogen-bond donors (Lipinski definition) is 0. The van der Waals surface area contributed by atoms with E-state index in [0.717, 1.165) is 66.8 Å². The predicted octanol–water partition coefficient (Wildman–Crippen LogP) is 9.46. The number of pyridine rings is 3. The minimum absolute atomic E-state index is 0.933. The number of aromatic nitrogens is 3. The van der Waals surface area contributed by atoms with Crippen molar-refractivity contribution in [2.45, 2.75) is 13.8 Å². The number of hydrogen-bond acceptors (Lipinski definition) is 3. The van der Waals surface area contributed by atoms with Gasteiger partial charge in [-0.1, -0.05) is 97.1 Å². The number of rotatable bonds is 4. The molecule has 0 radical (unpaired) electrons. The molecule has 4 aromatic carbocycles. The van der Waals surface area contributed by atoms with Gasteiger partial charge in [0.1, 0.15) is 0 Å². The van der Waals surface area contributed by atoms with Crippen LogP contribution in [0.25, 0.3) is 66.7 Å². The molecule has 3 nitrogen and oxygen atoms in total. The van der Waals surface area contributed by atoms with E-state index in [1.54, 1.807) is 0 Å². The van der Waals surface area contributed by atoms with Gasteiger partial charge in [-0.05, 0) is 60.9 Å². The molecule has 190 valence electrons. The summed E-state index contributed by atoms with van der Waals surface area (Å²) in [6.45, 7) is 4.18. The SMILES string of the molecule is Cc1ccc2ccc3c(C)cc(-c4cccc(-c5cc(-c6ccccc6)cc(-c6ccccc6)n5)c4)nc3c2n1. The first kappa shape index (κ1) is 23.9. The van der Waals surface area contributed by atoms with Gasteiger partial charge in [-0.25, -0.2) is 9.97 Å². The summed E-state index contributed by atoms with van der Waals surface area (Å²) in [4.78, 5) is 15.1. The van der Waals surface area contributed by atoms with Crippen molar-refractivity contribution < 1.29 is 0 Å². The molecule has 0 bridgehead atoms.